The third-order valence-corrected chi connectivity index (χ3v) is 4.27. The summed E-state index contributed by atoms with van der Waals surface area (Å²) in [6.45, 7) is 8.14. The van der Waals surface area contributed by atoms with Crippen molar-refractivity contribution in [3.63, 3.8) is 0 Å². The zero-order valence-electron chi connectivity index (χ0n) is 16.0. The number of piperazine rings is 1. The normalized spacial score (nSPS) is 14.2. The Balaban J connectivity index is 2.09. The molecule has 0 bridgehead atoms. The molecule has 2 amide bonds. The number of hydrogen-bond donors (Lipinski definition) is 2. The number of carboxylic acid groups (broad SMARTS) is 1. The maximum absolute atomic E-state index is 12.0. The van der Waals surface area contributed by atoms with Crippen LogP contribution in [-0.4, -0.2) is 60.8 Å². The molecular formula is C19H27N3O5. The molecule has 148 valence electrons. The topological polar surface area (TPSA) is 99.2 Å². The lowest BCUT2D eigenvalue weighted by Crippen LogP contribution is -2.49. The van der Waals surface area contributed by atoms with Crippen molar-refractivity contribution in [2.75, 3.05) is 43.0 Å². The molecule has 0 radical (unpaired) electrons. The van der Waals surface area contributed by atoms with E-state index in [-0.39, 0.29) is 23.5 Å². The number of nitrogens with zero attached hydrogens (tertiary/aromatic N) is 2. The summed E-state index contributed by atoms with van der Waals surface area (Å²) >= 11 is 0. The molecule has 0 aromatic heterocycles. The van der Waals surface area contributed by atoms with Crippen LogP contribution in [0.25, 0.3) is 0 Å². The molecule has 8 heteroatoms. The Kier molecular flexibility index (Phi) is 7.04. The molecule has 1 aromatic rings. The van der Waals surface area contributed by atoms with Crippen LogP contribution in [0.4, 0.5) is 16.2 Å². The smallest absolute Gasteiger partial charge is 0.409 e. The molecular weight excluding hydrogens is 350 g/mol. The largest absolute Gasteiger partial charge is 0.478 e. The quantitative estimate of drug-likeness (QED) is 0.791. The van der Waals surface area contributed by atoms with Gasteiger partial charge in [-0.1, -0.05) is 13.8 Å². The fraction of sp³-hybridized carbons (Fsp3) is 0.526. The summed E-state index contributed by atoms with van der Waals surface area (Å²) in [5.74, 6) is -1.11. The minimum atomic E-state index is -1.10. The first-order valence-corrected chi connectivity index (χ1v) is 9.15. The average molecular weight is 377 g/mol. The Hall–Kier alpha value is -2.77. The van der Waals surface area contributed by atoms with Crippen LogP contribution in [0.15, 0.2) is 18.2 Å². The Morgan fingerprint density at radius 2 is 1.85 bits per heavy atom. The van der Waals surface area contributed by atoms with Crippen LogP contribution in [-0.2, 0) is 9.53 Å². The highest BCUT2D eigenvalue weighted by atomic mass is 16.6. The number of aromatic carboxylic acids is 1. The van der Waals surface area contributed by atoms with Crippen LogP contribution in [0, 0.1) is 5.92 Å². The van der Waals surface area contributed by atoms with E-state index in [9.17, 15) is 19.5 Å². The van der Waals surface area contributed by atoms with Gasteiger partial charge in [-0.05, 0) is 31.0 Å². The van der Waals surface area contributed by atoms with Gasteiger partial charge in [-0.3, -0.25) is 4.79 Å². The van der Waals surface area contributed by atoms with Crippen LogP contribution >= 0.6 is 0 Å². The molecule has 1 aliphatic heterocycles. The number of carboxylic acids is 1. The second kappa shape index (κ2) is 9.25. The predicted molar refractivity (Wildman–Crippen MR) is 102 cm³/mol. The molecule has 8 nitrogen and oxygen atoms in total. The molecule has 1 saturated heterocycles. The first-order chi connectivity index (χ1) is 12.8. The molecule has 2 rings (SSSR count). The van der Waals surface area contributed by atoms with E-state index in [1.54, 1.807) is 30.0 Å². The monoisotopic (exact) mass is 377 g/mol. The van der Waals surface area contributed by atoms with Crippen molar-refractivity contribution in [3.8, 4) is 0 Å². The Morgan fingerprint density at radius 3 is 2.41 bits per heavy atom. The van der Waals surface area contributed by atoms with E-state index in [0.29, 0.717) is 44.9 Å². The fourth-order valence-electron chi connectivity index (χ4n) is 2.95. The molecule has 0 saturated carbocycles. The van der Waals surface area contributed by atoms with Gasteiger partial charge in [-0.2, -0.15) is 0 Å². The van der Waals surface area contributed by atoms with Gasteiger partial charge < -0.3 is 25.0 Å². The van der Waals surface area contributed by atoms with Crippen molar-refractivity contribution >= 4 is 29.3 Å². The number of ether oxygens (including phenoxy) is 1. The van der Waals surface area contributed by atoms with Crippen LogP contribution < -0.4 is 10.2 Å². The molecule has 2 N–H and O–H groups in total. The third kappa shape index (κ3) is 5.60. The van der Waals surface area contributed by atoms with E-state index in [1.165, 1.54) is 0 Å². The molecule has 0 unspecified atom stereocenters. The van der Waals surface area contributed by atoms with Crippen molar-refractivity contribution in [3.05, 3.63) is 23.8 Å². The minimum absolute atomic E-state index is 0.0532. The molecule has 1 heterocycles. The lowest BCUT2D eigenvalue weighted by Gasteiger charge is -2.35. The maximum atomic E-state index is 12.0. The van der Waals surface area contributed by atoms with Gasteiger partial charge in [0.1, 0.15) is 0 Å². The molecule has 1 aromatic carbocycles. The van der Waals surface area contributed by atoms with E-state index in [4.69, 9.17) is 4.74 Å². The van der Waals surface area contributed by atoms with Crippen molar-refractivity contribution in [2.24, 2.45) is 5.92 Å². The first-order valence-electron chi connectivity index (χ1n) is 9.15. The Labute approximate surface area is 159 Å². The van der Waals surface area contributed by atoms with Gasteiger partial charge in [-0.15, -0.1) is 0 Å². The number of rotatable bonds is 6. The van der Waals surface area contributed by atoms with Crippen LogP contribution in [0.1, 0.15) is 37.6 Å². The second-order valence-corrected chi connectivity index (χ2v) is 6.85. The summed E-state index contributed by atoms with van der Waals surface area (Å²) in [7, 11) is 0. The van der Waals surface area contributed by atoms with Crippen LogP contribution in [0.5, 0.6) is 0 Å². The van der Waals surface area contributed by atoms with Crippen molar-refractivity contribution in [2.45, 2.75) is 27.2 Å². The van der Waals surface area contributed by atoms with Gasteiger partial charge in [0.2, 0.25) is 5.91 Å². The van der Waals surface area contributed by atoms with Gasteiger partial charge in [0.25, 0.3) is 0 Å². The van der Waals surface area contributed by atoms with Gasteiger partial charge in [0, 0.05) is 38.3 Å². The van der Waals surface area contributed by atoms with Gasteiger partial charge in [0.05, 0.1) is 17.9 Å². The van der Waals surface area contributed by atoms with Crippen molar-refractivity contribution in [1.82, 2.24) is 4.90 Å². The Morgan fingerprint density at radius 1 is 1.19 bits per heavy atom. The summed E-state index contributed by atoms with van der Waals surface area (Å²) < 4.78 is 5.00. The van der Waals surface area contributed by atoms with E-state index in [0.717, 1.165) is 5.69 Å². The van der Waals surface area contributed by atoms with Crippen LogP contribution in [0.3, 0.4) is 0 Å². The van der Waals surface area contributed by atoms with Gasteiger partial charge >= 0.3 is 12.1 Å². The number of nitrogens with one attached hydrogen (secondary N) is 1. The second-order valence-electron chi connectivity index (χ2n) is 6.85. The minimum Gasteiger partial charge on any atom is -0.478 e. The summed E-state index contributed by atoms with van der Waals surface area (Å²) in [4.78, 5) is 39.0. The van der Waals surface area contributed by atoms with E-state index < -0.39 is 5.97 Å². The summed E-state index contributed by atoms with van der Waals surface area (Å²) in [5.41, 5.74) is 1.09. The highest BCUT2D eigenvalue weighted by Gasteiger charge is 2.23. The zero-order valence-corrected chi connectivity index (χ0v) is 16.0. The molecule has 1 fully saturated rings. The van der Waals surface area contributed by atoms with E-state index in [2.05, 4.69) is 5.32 Å². The molecule has 0 atom stereocenters. The van der Waals surface area contributed by atoms with Crippen molar-refractivity contribution < 1.29 is 24.2 Å². The van der Waals surface area contributed by atoms with E-state index >= 15 is 0 Å². The summed E-state index contributed by atoms with van der Waals surface area (Å²) in [5, 5.41) is 12.2. The first kappa shape index (κ1) is 20.5. The number of anilines is 2. The number of amides is 2. The highest BCUT2D eigenvalue weighted by Crippen LogP contribution is 2.25. The number of carbonyl (C=O) groups is 3. The molecule has 0 aliphatic carbocycles. The summed E-state index contributed by atoms with van der Waals surface area (Å²) in [6.07, 6.45) is 0.00276. The SMILES string of the molecule is CCOC(=O)N1CCN(c2ccc(NC(=O)CC(C)C)c(C(=O)O)c2)CC1. The third-order valence-electron chi connectivity index (χ3n) is 4.27. The standard InChI is InChI=1S/C19H27N3O5/c1-4-27-19(26)22-9-7-21(8-10-22)14-5-6-16(15(12-14)18(24)25)20-17(23)11-13(2)3/h5-6,12-13H,4,7-11H2,1-3H3,(H,20,23)(H,24,25). The number of benzene rings is 1. The maximum Gasteiger partial charge on any atom is 0.409 e. The average Bonchev–Trinajstić information content (AvgIpc) is 2.61. The Bertz CT molecular complexity index is 697. The van der Waals surface area contributed by atoms with Gasteiger partial charge in [-0.25, -0.2) is 9.59 Å². The van der Waals surface area contributed by atoms with E-state index in [1.807, 2.05) is 18.7 Å². The zero-order chi connectivity index (χ0) is 20.0. The number of carbonyl (C=O) groups excluding carboxylic acids is 2. The molecule has 1 aliphatic rings. The van der Waals surface area contributed by atoms with Crippen LogP contribution in [0.2, 0.25) is 0 Å². The lowest BCUT2D eigenvalue weighted by molar-refractivity contribution is -0.116. The number of hydrogen-bond acceptors (Lipinski definition) is 5. The predicted octanol–water partition coefficient (Wildman–Crippen LogP) is 2.65. The van der Waals surface area contributed by atoms with Gasteiger partial charge in [0.15, 0.2) is 0 Å². The highest BCUT2D eigenvalue weighted by molar-refractivity contribution is 6.01. The van der Waals surface area contributed by atoms with Crippen molar-refractivity contribution in [1.29, 1.82) is 0 Å². The fourth-order valence-corrected chi connectivity index (χ4v) is 2.95. The molecule has 27 heavy (non-hydrogen) atoms. The summed E-state index contributed by atoms with van der Waals surface area (Å²) in [6, 6.07) is 4.97. The molecule has 0 spiro atoms. The lowest BCUT2D eigenvalue weighted by atomic mass is 10.1.